The second-order valence-electron chi connectivity index (χ2n) is 5.86. The summed E-state index contributed by atoms with van der Waals surface area (Å²) in [5.74, 6) is 0.161. The second-order valence-corrected chi connectivity index (χ2v) is 8.09. The molecule has 1 amide bonds. The summed E-state index contributed by atoms with van der Waals surface area (Å²) in [6.07, 6.45) is 1.50. The van der Waals surface area contributed by atoms with Gasteiger partial charge in [-0.15, -0.1) is 0 Å². The van der Waals surface area contributed by atoms with E-state index in [1.54, 1.807) is 0 Å². The van der Waals surface area contributed by atoms with Crippen LogP contribution in [-0.4, -0.2) is 92.7 Å². The predicted octanol–water partition coefficient (Wildman–Crippen LogP) is -1.71. The SMILES string of the molecule is O=C(CN1CCCN(CCO)CC1)NC1CCS(=O)(=O)C1. The van der Waals surface area contributed by atoms with Crippen molar-refractivity contribution in [3.8, 4) is 0 Å². The number of sulfone groups is 1. The van der Waals surface area contributed by atoms with E-state index in [9.17, 15) is 13.2 Å². The Bertz CT molecular complexity index is 454. The van der Waals surface area contributed by atoms with E-state index in [0.29, 0.717) is 19.5 Å². The molecule has 0 spiro atoms. The van der Waals surface area contributed by atoms with Gasteiger partial charge >= 0.3 is 0 Å². The van der Waals surface area contributed by atoms with E-state index >= 15 is 0 Å². The number of carbonyl (C=O) groups excluding carboxylic acids is 1. The third-order valence-corrected chi connectivity index (χ3v) is 5.83. The fraction of sp³-hybridized carbons (Fsp3) is 0.923. The molecule has 122 valence electrons. The Morgan fingerprint density at radius 3 is 2.57 bits per heavy atom. The molecule has 1 unspecified atom stereocenters. The molecule has 0 bridgehead atoms. The van der Waals surface area contributed by atoms with E-state index in [-0.39, 0.29) is 30.1 Å². The van der Waals surface area contributed by atoms with Gasteiger partial charge in [-0.2, -0.15) is 0 Å². The maximum absolute atomic E-state index is 12.0. The van der Waals surface area contributed by atoms with Crippen LogP contribution >= 0.6 is 0 Å². The number of hydrogen-bond acceptors (Lipinski definition) is 6. The summed E-state index contributed by atoms with van der Waals surface area (Å²) in [6.45, 7) is 4.63. The van der Waals surface area contributed by atoms with Gasteiger partial charge in [0.25, 0.3) is 0 Å². The molecule has 0 aromatic carbocycles. The van der Waals surface area contributed by atoms with Gasteiger partial charge in [-0.3, -0.25) is 14.6 Å². The fourth-order valence-electron chi connectivity index (χ4n) is 2.93. The second kappa shape index (κ2) is 7.53. The molecular weight excluding hydrogens is 294 g/mol. The normalized spacial score (nSPS) is 27.4. The molecule has 0 aliphatic carbocycles. The van der Waals surface area contributed by atoms with Crippen molar-refractivity contribution in [2.75, 3.05) is 57.4 Å². The standard InChI is InChI=1S/C13H25N3O4S/c17-8-7-15-3-1-4-16(6-5-15)10-13(18)14-12-2-9-21(19,20)11-12/h12,17H,1-11H2,(H,14,18). The van der Waals surface area contributed by atoms with Crippen LogP contribution in [0.15, 0.2) is 0 Å². The average molecular weight is 319 g/mol. The minimum absolute atomic E-state index is 0.0724. The highest BCUT2D eigenvalue weighted by Crippen LogP contribution is 2.11. The number of amides is 1. The molecule has 0 aromatic heterocycles. The first-order valence-electron chi connectivity index (χ1n) is 7.54. The summed E-state index contributed by atoms with van der Waals surface area (Å²) in [5.41, 5.74) is 0. The Labute approximate surface area is 126 Å². The van der Waals surface area contributed by atoms with Gasteiger partial charge in [0.05, 0.1) is 24.7 Å². The lowest BCUT2D eigenvalue weighted by atomic mass is 10.2. The van der Waals surface area contributed by atoms with Crippen LogP contribution in [0.2, 0.25) is 0 Å². The number of nitrogens with one attached hydrogen (secondary N) is 1. The van der Waals surface area contributed by atoms with E-state index in [2.05, 4.69) is 15.1 Å². The summed E-state index contributed by atoms with van der Waals surface area (Å²) < 4.78 is 22.7. The van der Waals surface area contributed by atoms with Crippen molar-refractivity contribution in [1.29, 1.82) is 0 Å². The van der Waals surface area contributed by atoms with Crippen molar-refractivity contribution >= 4 is 15.7 Å². The number of aliphatic hydroxyl groups excluding tert-OH is 1. The Balaban J connectivity index is 1.73. The van der Waals surface area contributed by atoms with E-state index < -0.39 is 9.84 Å². The highest BCUT2D eigenvalue weighted by atomic mass is 32.2. The van der Waals surface area contributed by atoms with Crippen LogP contribution in [0.3, 0.4) is 0 Å². The van der Waals surface area contributed by atoms with Crippen LogP contribution in [-0.2, 0) is 14.6 Å². The largest absolute Gasteiger partial charge is 0.395 e. The van der Waals surface area contributed by atoms with Crippen LogP contribution in [0.1, 0.15) is 12.8 Å². The van der Waals surface area contributed by atoms with Crippen LogP contribution < -0.4 is 5.32 Å². The summed E-state index contributed by atoms with van der Waals surface area (Å²) in [7, 11) is -2.95. The van der Waals surface area contributed by atoms with Gasteiger partial charge in [0, 0.05) is 25.7 Å². The summed E-state index contributed by atoms with van der Waals surface area (Å²) in [5, 5.41) is 11.8. The number of aliphatic hydroxyl groups is 1. The third kappa shape index (κ3) is 5.54. The van der Waals surface area contributed by atoms with Gasteiger partial charge in [0.2, 0.25) is 5.91 Å². The van der Waals surface area contributed by atoms with Gasteiger partial charge in [-0.1, -0.05) is 0 Å². The number of rotatable bonds is 5. The zero-order valence-corrected chi connectivity index (χ0v) is 13.1. The minimum atomic E-state index is -2.95. The lowest BCUT2D eigenvalue weighted by Crippen LogP contribution is -2.43. The van der Waals surface area contributed by atoms with Crippen LogP contribution in [0.25, 0.3) is 0 Å². The van der Waals surface area contributed by atoms with Gasteiger partial charge in [0.15, 0.2) is 9.84 Å². The lowest BCUT2D eigenvalue weighted by Gasteiger charge is -2.21. The van der Waals surface area contributed by atoms with Crippen molar-refractivity contribution in [1.82, 2.24) is 15.1 Å². The first kappa shape index (κ1) is 16.7. The monoisotopic (exact) mass is 319 g/mol. The Morgan fingerprint density at radius 2 is 1.90 bits per heavy atom. The highest BCUT2D eigenvalue weighted by molar-refractivity contribution is 7.91. The summed E-state index contributed by atoms with van der Waals surface area (Å²) in [6, 6.07) is -0.222. The molecule has 21 heavy (non-hydrogen) atoms. The van der Waals surface area contributed by atoms with Crippen molar-refractivity contribution in [2.45, 2.75) is 18.9 Å². The molecule has 2 rings (SSSR count). The first-order valence-corrected chi connectivity index (χ1v) is 9.36. The van der Waals surface area contributed by atoms with Gasteiger partial charge in [-0.05, 0) is 25.9 Å². The summed E-state index contributed by atoms with van der Waals surface area (Å²) >= 11 is 0. The van der Waals surface area contributed by atoms with Crippen molar-refractivity contribution in [3.05, 3.63) is 0 Å². The molecule has 7 nitrogen and oxygen atoms in total. The number of β-amino-alcohol motifs (C(OH)–C–C–N with tert-alkyl or cyclic N) is 1. The molecule has 8 heteroatoms. The van der Waals surface area contributed by atoms with Crippen molar-refractivity contribution < 1.29 is 18.3 Å². The molecule has 0 saturated carbocycles. The number of carbonyl (C=O) groups is 1. The molecule has 2 saturated heterocycles. The first-order chi connectivity index (χ1) is 9.98. The fourth-order valence-corrected chi connectivity index (χ4v) is 4.61. The maximum Gasteiger partial charge on any atom is 0.234 e. The van der Waals surface area contributed by atoms with Gasteiger partial charge in [0.1, 0.15) is 0 Å². The molecule has 2 heterocycles. The molecule has 2 fully saturated rings. The third-order valence-electron chi connectivity index (χ3n) is 4.06. The van der Waals surface area contributed by atoms with E-state index in [1.807, 2.05) is 0 Å². The van der Waals surface area contributed by atoms with Gasteiger partial charge in [-0.25, -0.2) is 8.42 Å². The molecule has 0 radical (unpaired) electrons. The zero-order valence-electron chi connectivity index (χ0n) is 12.3. The molecule has 2 aliphatic rings. The topological polar surface area (TPSA) is 89.9 Å². The molecular formula is C13H25N3O4S. The molecule has 1 atom stereocenters. The minimum Gasteiger partial charge on any atom is -0.395 e. The predicted molar refractivity (Wildman–Crippen MR) is 79.8 cm³/mol. The lowest BCUT2D eigenvalue weighted by molar-refractivity contribution is -0.122. The maximum atomic E-state index is 12.0. The van der Waals surface area contributed by atoms with Gasteiger partial charge < -0.3 is 10.4 Å². The van der Waals surface area contributed by atoms with E-state index in [0.717, 1.165) is 32.6 Å². The average Bonchev–Trinajstić information content (AvgIpc) is 2.60. The number of nitrogens with zero attached hydrogens (tertiary/aromatic N) is 2. The highest BCUT2D eigenvalue weighted by Gasteiger charge is 2.29. The van der Waals surface area contributed by atoms with Crippen molar-refractivity contribution in [2.24, 2.45) is 0 Å². The Morgan fingerprint density at radius 1 is 1.19 bits per heavy atom. The van der Waals surface area contributed by atoms with Crippen molar-refractivity contribution in [3.63, 3.8) is 0 Å². The smallest absolute Gasteiger partial charge is 0.234 e. The quantitative estimate of drug-likeness (QED) is 0.627. The van der Waals surface area contributed by atoms with Crippen LogP contribution in [0, 0.1) is 0 Å². The summed E-state index contributed by atoms with van der Waals surface area (Å²) in [4.78, 5) is 16.3. The van der Waals surface area contributed by atoms with E-state index in [1.165, 1.54) is 0 Å². The molecule has 2 aliphatic heterocycles. The molecule has 0 aromatic rings. The Kier molecular flexibility index (Phi) is 5.98. The van der Waals surface area contributed by atoms with E-state index in [4.69, 9.17) is 5.11 Å². The van der Waals surface area contributed by atoms with Crippen LogP contribution in [0.4, 0.5) is 0 Å². The number of hydrogen-bond donors (Lipinski definition) is 2. The zero-order chi connectivity index (χ0) is 15.3. The molecule has 2 N–H and O–H groups in total. The van der Waals surface area contributed by atoms with Crippen LogP contribution in [0.5, 0.6) is 0 Å². The Hall–Kier alpha value is -0.700.